The highest BCUT2D eigenvalue weighted by Gasteiger charge is 2.20. The molecular weight excluding hydrogens is 308 g/mol. The predicted molar refractivity (Wildman–Crippen MR) is 79.6 cm³/mol. The number of carbonyl (C=O) groups is 2. The first-order chi connectivity index (χ1) is 10.3. The minimum absolute atomic E-state index is 0.0447. The average Bonchev–Trinajstić information content (AvgIpc) is 2.50. The maximum Gasteiger partial charge on any atom is 0.326 e. The van der Waals surface area contributed by atoms with Crippen LogP contribution in [0.5, 0.6) is 0 Å². The number of hydrogen-bond acceptors (Lipinski definition) is 4. The molecule has 7 nitrogen and oxygen atoms in total. The number of carbonyl (C=O) groups excluding carboxylic acids is 1. The van der Waals surface area contributed by atoms with E-state index < -0.39 is 27.9 Å². The zero-order chi connectivity index (χ0) is 16.8. The van der Waals surface area contributed by atoms with Gasteiger partial charge >= 0.3 is 5.97 Å². The Balaban J connectivity index is 2.99. The van der Waals surface area contributed by atoms with Gasteiger partial charge in [0.2, 0.25) is 10.0 Å². The largest absolute Gasteiger partial charge is 0.480 e. The summed E-state index contributed by atoms with van der Waals surface area (Å²) in [5.41, 5.74) is 0.0447. The van der Waals surface area contributed by atoms with Gasteiger partial charge in [0.25, 0.3) is 5.91 Å². The first-order valence-electron chi connectivity index (χ1n) is 6.38. The second-order valence-corrected chi connectivity index (χ2v) is 6.10. The molecular formula is C14H16N2O5S. The molecule has 0 aliphatic heterocycles. The van der Waals surface area contributed by atoms with Gasteiger partial charge in [-0.25, -0.2) is 13.2 Å². The summed E-state index contributed by atoms with van der Waals surface area (Å²) in [6.45, 7) is 1.44. The van der Waals surface area contributed by atoms with Crippen LogP contribution < -0.4 is 10.0 Å². The summed E-state index contributed by atoms with van der Waals surface area (Å²) in [7, 11) is -3.82. The highest BCUT2D eigenvalue weighted by atomic mass is 32.2. The lowest BCUT2D eigenvalue weighted by atomic mass is 10.1. The molecule has 3 N–H and O–H groups in total. The summed E-state index contributed by atoms with van der Waals surface area (Å²) in [5.74, 6) is 0.322. The summed E-state index contributed by atoms with van der Waals surface area (Å²) in [5, 5.41) is 11.2. The molecule has 0 saturated heterocycles. The summed E-state index contributed by atoms with van der Waals surface area (Å²) in [6, 6.07) is 4.21. The number of hydrogen-bond donors (Lipinski definition) is 3. The van der Waals surface area contributed by atoms with Crippen LogP contribution in [-0.2, 0) is 14.8 Å². The molecule has 0 spiro atoms. The topological polar surface area (TPSA) is 113 Å². The standard InChI is InChI=1S/C14H16N2O5S/c1-3-8-15-22(20,21)11-7-5-6-10(9-11)13(17)16-12(4-2)14(18)19/h1,5-7,9,12,15H,4,8H2,2H3,(H,16,17)(H,18,19). The van der Waals surface area contributed by atoms with E-state index in [9.17, 15) is 18.0 Å². The molecule has 0 fully saturated rings. The molecule has 22 heavy (non-hydrogen) atoms. The highest BCUT2D eigenvalue weighted by Crippen LogP contribution is 2.11. The Morgan fingerprint density at radius 1 is 1.41 bits per heavy atom. The number of carboxylic acid groups (broad SMARTS) is 1. The first-order valence-corrected chi connectivity index (χ1v) is 7.87. The lowest BCUT2D eigenvalue weighted by Crippen LogP contribution is -2.40. The van der Waals surface area contributed by atoms with Gasteiger partial charge in [0.15, 0.2) is 0 Å². The van der Waals surface area contributed by atoms with Gasteiger partial charge in [-0.3, -0.25) is 4.79 Å². The van der Waals surface area contributed by atoms with Crippen molar-refractivity contribution in [1.82, 2.24) is 10.0 Å². The molecule has 1 amide bonds. The number of rotatable bonds is 7. The van der Waals surface area contributed by atoms with Crippen LogP contribution in [0, 0.1) is 12.3 Å². The summed E-state index contributed by atoms with van der Waals surface area (Å²) < 4.78 is 26.0. The number of sulfonamides is 1. The second-order valence-electron chi connectivity index (χ2n) is 4.33. The van der Waals surface area contributed by atoms with Crippen molar-refractivity contribution < 1.29 is 23.1 Å². The lowest BCUT2D eigenvalue weighted by Gasteiger charge is -2.12. The molecule has 1 atom stereocenters. The van der Waals surface area contributed by atoms with Crippen molar-refractivity contribution in [3.63, 3.8) is 0 Å². The molecule has 0 heterocycles. The van der Waals surface area contributed by atoms with Gasteiger partial charge in [0.05, 0.1) is 11.4 Å². The maximum absolute atomic E-state index is 12.0. The lowest BCUT2D eigenvalue weighted by molar-refractivity contribution is -0.139. The van der Waals surface area contributed by atoms with E-state index >= 15 is 0 Å². The van der Waals surface area contributed by atoms with Crippen molar-refractivity contribution in [2.24, 2.45) is 0 Å². The molecule has 8 heteroatoms. The van der Waals surface area contributed by atoms with Crippen molar-refractivity contribution in [3.05, 3.63) is 29.8 Å². The number of aliphatic carboxylic acids is 1. The minimum atomic E-state index is -3.82. The Labute approximate surface area is 128 Å². The summed E-state index contributed by atoms with van der Waals surface area (Å²) in [4.78, 5) is 22.8. The smallest absolute Gasteiger partial charge is 0.326 e. The van der Waals surface area contributed by atoms with Gasteiger partial charge in [-0.2, -0.15) is 4.72 Å². The molecule has 1 rings (SSSR count). The fourth-order valence-electron chi connectivity index (χ4n) is 1.60. The van der Waals surface area contributed by atoms with Gasteiger partial charge < -0.3 is 10.4 Å². The molecule has 118 valence electrons. The van der Waals surface area contributed by atoms with E-state index in [1.54, 1.807) is 6.92 Å². The van der Waals surface area contributed by atoms with Crippen LogP contribution in [0.15, 0.2) is 29.2 Å². The molecule has 1 unspecified atom stereocenters. The minimum Gasteiger partial charge on any atom is -0.480 e. The second kappa shape index (κ2) is 7.59. The number of nitrogens with one attached hydrogen (secondary N) is 2. The van der Waals surface area contributed by atoms with E-state index in [0.29, 0.717) is 0 Å². The van der Waals surface area contributed by atoms with Crippen molar-refractivity contribution >= 4 is 21.9 Å². The number of carboxylic acids is 1. The number of amides is 1. The van der Waals surface area contributed by atoms with Crippen LogP contribution in [0.4, 0.5) is 0 Å². The third-order valence-corrected chi connectivity index (χ3v) is 4.18. The normalized spacial score (nSPS) is 12.2. The van der Waals surface area contributed by atoms with E-state index in [2.05, 4.69) is 16.0 Å². The molecule has 0 aromatic heterocycles. The fraction of sp³-hybridized carbons (Fsp3) is 0.286. The molecule has 0 aliphatic rings. The Morgan fingerprint density at radius 2 is 2.09 bits per heavy atom. The van der Waals surface area contributed by atoms with Crippen molar-refractivity contribution in [2.75, 3.05) is 6.54 Å². The van der Waals surface area contributed by atoms with E-state index in [-0.39, 0.29) is 23.4 Å². The van der Waals surface area contributed by atoms with Crippen LogP contribution >= 0.6 is 0 Å². The third kappa shape index (κ3) is 4.58. The van der Waals surface area contributed by atoms with E-state index in [1.807, 2.05) is 0 Å². The van der Waals surface area contributed by atoms with E-state index in [1.165, 1.54) is 18.2 Å². The quantitative estimate of drug-likeness (QED) is 0.620. The number of terminal acetylenes is 1. The molecule has 0 bridgehead atoms. The van der Waals surface area contributed by atoms with Gasteiger partial charge in [-0.05, 0) is 24.6 Å². The van der Waals surface area contributed by atoms with Crippen molar-refractivity contribution in [3.8, 4) is 12.3 Å². The van der Waals surface area contributed by atoms with Gasteiger partial charge in [-0.1, -0.05) is 18.9 Å². The Bertz CT molecular complexity index is 706. The fourth-order valence-corrected chi connectivity index (χ4v) is 2.58. The van der Waals surface area contributed by atoms with Crippen LogP contribution in [0.2, 0.25) is 0 Å². The van der Waals surface area contributed by atoms with Gasteiger partial charge in [0.1, 0.15) is 6.04 Å². The van der Waals surface area contributed by atoms with Gasteiger partial charge in [-0.15, -0.1) is 6.42 Å². The Morgan fingerprint density at radius 3 is 2.64 bits per heavy atom. The van der Waals surface area contributed by atoms with Gasteiger partial charge in [0, 0.05) is 5.56 Å². The van der Waals surface area contributed by atoms with E-state index in [0.717, 1.165) is 6.07 Å². The SMILES string of the molecule is C#CCNS(=O)(=O)c1cccc(C(=O)NC(CC)C(=O)O)c1. The maximum atomic E-state index is 12.0. The summed E-state index contributed by atoms with van der Waals surface area (Å²) in [6.07, 6.45) is 5.20. The van der Waals surface area contributed by atoms with Crippen molar-refractivity contribution in [2.45, 2.75) is 24.3 Å². The first kappa shape index (κ1) is 17.7. The monoisotopic (exact) mass is 324 g/mol. The summed E-state index contributed by atoms with van der Waals surface area (Å²) >= 11 is 0. The van der Waals surface area contributed by atoms with E-state index in [4.69, 9.17) is 11.5 Å². The molecule has 1 aromatic rings. The average molecular weight is 324 g/mol. The zero-order valence-corrected chi connectivity index (χ0v) is 12.7. The Kier molecular flexibility index (Phi) is 6.10. The van der Waals surface area contributed by atoms with Crippen LogP contribution in [0.1, 0.15) is 23.7 Å². The molecule has 0 aliphatic carbocycles. The van der Waals surface area contributed by atoms with Crippen LogP contribution in [-0.4, -0.2) is 38.0 Å². The van der Waals surface area contributed by atoms with Crippen LogP contribution in [0.25, 0.3) is 0 Å². The third-order valence-electron chi connectivity index (χ3n) is 2.78. The predicted octanol–water partition coefficient (Wildman–Crippen LogP) is 0.191. The molecule has 0 saturated carbocycles. The number of benzene rings is 1. The molecule has 1 aromatic carbocycles. The highest BCUT2D eigenvalue weighted by molar-refractivity contribution is 7.89. The molecule has 0 radical (unpaired) electrons. The zero-order valence-electron chi connectivity index (χ0n) is 11.9. The van der Waals surface area contributed by atoms with Crippen LogP contribution in [0.3, 0.4) is 0 Å². The van der Waals surface area contributed by atoms with Crippen molar-refractivity contribution in [1.29, 1.82) is 0 Å². The Hall–Kier alpha value is -2.37.